The van der Waals surface area contributed by atoms with Crippen molar-refractivity contribution in [3.63, 3.8) is 0 Å². The third kappa shape index (κ3) is 7.23. The number of benzene rings is 2. The van der Waals surface area contributed by atoms with Crippen molar-refractivity contribution in [1.82, 2.24) is 9.55 Å². The van der Waals surface area contributed by atoms with Crippen LogP contribution in [0.4, 0.5) is 0 Å². The van der Waals surface area contributed by atoms with Gasteiger partial charge < -0.3 is 18.6 Å². The fraction of sp³-hybridized carbons (Fsp3) is 0.438. The summed E-state index contributed by atoms with van der Waals surface area (Å²) < 4.78 is 25.7. The van der Waals surface area contributed by atoms with Gasteiger partial charge in [-0.05, 0) is 48.3 Å². The fourth-order valence-electron chi connectivity index (χ4n) is 4.70. The molecule has 0 radical (unpaired) electrons. The van der Waals surface area contributed by atoms with E-state index in [1.54, 1.807) is 19.1 Å². The first kappa shape index (κ1) is 32.1. The van der Waals surface area contributed by atoms with Crippen molar-refractivity contribution >= 4 is 20.3 Å². The van der Waals surface area contributed by atoms with E-state index in [0.717, 1.165) is 11.1 Å². The second-order valence-electron chi connectivity index (χ2n) is 12.5. The first-order valence-corrected chi connectivity index (χ1v) is 17.2. The molecular weight excluding hydrogens is 568 g/mol. The Bertz CT molecular complexity index is 1570. The fourth-order valence-corrected chi connectivity index (χ4v) is 5.74. The van der Waals surface area contributed by atoms with Crippen LogP contribution in [0, 0.1) is 6.92 Å². The molecule has 1 fully saturated rings. The van der Waals surface area contributed by atoms with Crippen LogP contribution in [0.2, 0.25) is 18.1 Å². The molecule has 0 bridgehead atoms. The molecule has 4 rings (SSSR count). The minimum Gasteiger partial charge on any atom is -0.459 e. The lowest BCUT2D eigenvalue weighted by atomic mass is 9.95. The summed E-state index contributed by atoms with van der Waals surface area (Å²) >= 11 is 0. The van der Waals surface area contributed by atoms with Gasteiger partial charge in [0.15, 0.2) is 13.9 Å². The molecule has 1 saturated heterocycles. The van der Waals surface area contributed by atoms with Gasteiger partial charge in [0.25, 0.3) is 5.56 Å². The molecule has 1 aliphatic rings. The van der Waals surface area contributed by atoms with Crippen molar-refractivity contribution in [3.05, 3.63) is 92.8 Å². The van der Waals surface area contributed by atoms with E-state index in [1.807, 2.05) is 42.5 Å². The monoisotopic (exact) mass is 608 g/mol. The lowest BCUT2D eigenvalue weighted by molar-refractivity contribution is -0.172. The van der Waals surface area contributed by atoms with Gasteiger partial charge in [-0.25, -0.2) is 9.59 Å². The molecule has 2 heterocycles. The maximum Gasteiger partial charge on any atom is 0.338 e. The van der Waals surface area contributed by atoms with E-state index in [4.69, 9.17) is 18.6 Å². The second-order valence-corrected chi connectivity index (χ2v) is 17.3. The number of ether oxygens (including phenoxy) is 3. The molecule has 1 aromatic heterocycles. The van der Waals surface area contributed by atoms with Crippen LogP contribution in [0.5, 0.6) is 0 Å². The maximum atomic E-state index is 13.1. The molecule has 0 unspecified atom stereocenters. The summed E-state index contributed by atoms with van der Waals surface area (Å²) in [6.07, 6.45) is -0.431. The number of H-pyrrole nitrogens is 1. The molecule has 3 aromatic rings. The summed E-state index contributed by atoms with van der Waals surface area (Å²) in [6, 6.07) is 16.8. The van der Waals surface area contributed by atoms with Gasteiger partial charge in [-0.1, -0.05) is 63.2 Å². The van der Waals surface area contributed by atoms with Crippen molar-refractivity contribution in [2.75, 3.05) is 13.2 Å². The number of aromatic nitrogens is 2. The third-order valence-corrected chi connectivity index (χ3v) is 12.8. The molecule has 1 aliphatic heterocycles. The standard InChI is InChI=1S/C32H40N2O8Si/c1-21-18-34(30(38)33-28(21)36)27-17-32(42-22(2)35,20-40-43(6,7)31(3,4)5)26(41-27)19-39-29(37)25-15-13-24(14-16-25)23-11-9-8-10-12-23/h8-16,18,26-27H,17,19-20H2,1-7H3,(H,33,36,38)/t26-,27-,32-/m1/s1. The Morgan fingerprint density at radius 1 is 1.05 bits per heavy atom. The predicted molar refractivity (Wildman–Crippen MR) is 164 cm³/mol. The van der Waals surface area contributed by atoms with E-state index in [9.17, 15) is 19.2 Å². The zero-order valence-electron chi connectivity index (χ0n) is 25.8. The van der Waals surface area contributed by atoms with Gasteiger partial charge in [0.2, 0.25) is 0 Å². The highest BCUT2D eigenvalue weighted by Gasteiger charge is 2.54. The van der Waals surface area contributed by atoms with E-state index in [1.165, 1.54) is 17.7 Å². The lowest BCUT2D eigenvalue weighted by Crippen LogP contribution is -2.53. The Labute approximate surface area is 252 Å². The van der Waals surface area contributed by atoms with Gasteiger partial charge in [-0.15, -0.1) is 0 Å². The van der Waals surface area contributed by atoms with Crippen LogP contribution in [0.3, 0.4) is 0 Å². The number of aryl methyl sites for hydroxylation is 1. The van der Waals surface area contributed by atoms with E-state index >= 15 is 0 Å². The van der Waals surface area contributed by atoms with Crippen LogP contribution < -0.4 is 11.2 Å². The molecule has 0 saturated carbocycles. The Morgan fingerprint density at radius 3 is 2.28 bits per heavy atom. The minimum atomic E-state index is -2.33. The number of carbonyl (C=O) groups excluding carboxylic acids is 2. The van der Waals surface area contributed by atoms with Crippen LogP contribution in [0.1, 0.15) is 56.3 Å². The molecule has 0 aliphatic carbocycles. The summed E-state index contributed by atoms with van der Waals surface area (Å²) in [5, 5.41) is -0.135. The smallest absolute Gasteiger partial charge is 0.338 e. The molecule has 0 amide bonds. The summed E-state index contributed by atoms with van der Waals surface area (Å²) in [5.74, 6) is -1.15. The normalized spacial score (nSPS) is 20.5. The van der Waals surface area contributed by atoms with E-state index in [-0.39, 0.29) is 24.7 Å². The topological polar surface area (TPSA) is 126 Å². The molecule has 1 N–H and O–H groups in total. The van der Waals surface area contributed by atoms with Gasteiger partial charge in [-0.2, -0.15) is 0 Å². The summed E-state index contributed by atoms with van der Waals surface area (Å²) in [7, 11) is -2.33. The molecule has 3 atom stereocenters. The van der Waals surface area contributed by atoms with Gasteiger partial charge in [0.1, 0.15) is 18.9 Å². The Hall–Kier alpha value is -3.80. The van der Waals surface area contributed by atoms with E-state index in [2.05, 4.69) is 38.8 Å². The van der Waals surface area contributed by atoms with Gasteiger partial charge in [0, 0.05) is 25.1 Å². The average molecular weight is 609 g/mol. The van der Waals surface area contributed by atoms with Crippen LogP contribution in [-0.4, -0.2) is 54.7 Å². The molecule has 2 aromatic carbocycles. The molecule has 230 valence electrons. The number of carbonyl (C=O) groups is 2. The molecule has 0 spiro atoms. The number of esters is 2. The third-order valence-electron chi connectivity index (χ3n) is 8.31. The lowest BCUT2D eigenvalue weighted by Gasteiger charge is -2.40. The molecular formula is C32H40N2O8Si. The molecule has 10 nitrogen and oxygen atoms in total. The SMILES string of the molecule is CC(=O)O[C@@]1(CO[Si](C)(C)C(C)(C)C)C[C@H](n2cc(C)c(=O)[nH]c2=O)O[C@@H]1COC(=O)c1ccc(-c2ccccc2)cc1. The van der Waals surface area contributed by atoms with Crippen LogP contribution in [-0.2, 0) is 23.4 Å². The first-order chi connectivity index (χ1) is 20.1. The number of hydrogen-bond acceptors (Lipinski definition) is 8. The Balaban J connectivity index is 1.62. The Kier molecular flexibility index (Phi) is 9.29. The van der Waals surface area contributed by atoms with Gasteiger partial charge in [-0.3, -0.25) is 19.1 Å². The zero-order chi connectivity index (χ0) is 31.6. The van der Waals surface area contributed by atoms with Crippen LogP contribution in [0.25, 0.3) is 11.1 Å². The number of aromatic amines is 1. The predicted octanol–water partition coefficient (Wildman–Crippen LogP) is 4.98. The summed E-state index contributed by atoms with van der Waals surface area (Å²) in [4.78, 5) is 52.6. The van der Waals surface area contributed by atoms with Crippen molar-refractivity contribution in [3.8, 4) is 11.1 Å². The second kappa shape index (κ2) is 12.4. The first-order valence-electron chi connectivity index (χ1n) is 14.3. The maximum absolute atomic E-state index is 13.1. The van der Waals surface area contributed by atoms with Gasteiger partial charge >= 0.3 is 17.6 Å². The number of rotatable bonds is 9. The van der Waals surface area contributed by atoms with Crippen molar-refractivity contribution < 1.29 is 28.2 Å². The average Bonchev–Trinajstić information content (AvgIpc) is 3.29. The number of nitrogens with one attached hydrogen (secondary N) is 1. The van der Waals surface area contributed by atoms with E-state index in [0.29, 0.717) is 11.1 Å². The quantitative estimate of drug-likeness (QED) is 0.266. The largest absolute Gasteiger partial charge is 0.459 e. The molecule has 11 heteroatoms. The van der Waals surface area contributed by atoms with Crippen molar-refractivity contribution in [2.45, 2.75) is 77.1 Å². The zero-order valence-corrected chi connectivity index (χ0v) is 26.8. The van der Waals surface area contributed by atoms with Crippen LogP contribution >= 0.6 is 0 Å². The highest BCUT2D eigenvalue weighted by molar-refractivity contribution is 6.74. The summed E-state index contributed by atoms with van der Waals surface area (Å²) in [6.45, 7) is 13.0. The van der Waals surface area contributed by atoms with E-state index < -0.39 is 49.4 Å². The van der Waals surface area contributed by atoms with Gasteiger partial charge in [0.05, 0.1) is 12.2 Å². The number of nitrogens with zero attached hydrogens (tertiary/aromatic N) is 1. The molecule has 43 heavy (non-hydrogen) atoms. The Morgan fingerprint density at radius 2 is 1.67 bits per heavy atom. The van der Waals surface area contributed by atoms with Crippen LogP contribution in [0.15, 0.2) is 70.4 Å². The highest BCUT2D eigenvalue weighted by atomic mass is 28.4. The summed E-state index contributed by atoms with van der Waals surface area (Å²) in [5.41, 5.74) is 0.0950. The highest BCUT2D eigenvalue weighted by Crippen LogP contribution is 2.43. The minimum absolute atomic E-state index is 0.0232. The van der Waals surface area contributed by atoms with Crippen molar-refractivity contribution in [1.29, 1.82) is 0 Å². The number of hydrogen-bond donors (Lipinski definition) is 1. The van der Waals surface area contributed by atoms with Crippen molar-refractivity contribution in [2.24, 2.45) is 0 Å².